The number of rotatable bonds is 7. The van der Waals surface area contributed by atoms with Gasteiger partial charge >= 0.3 is 5.69 Å². The fraction of sp³-hybridized carbons (Fsp3) is 0.524. The number of fused-ring (bicyclic) bond motifs is 2. The minimum atomic E-state index is -0.0261. The van der Waals surface area contributed by atoms with Crippen LogP contribution >= 0.6 is 0 Å². The van der Waals surface area contributed by atoms with Gasteiger partial charge in [-0.15, -0.1) is 0 Å². The van der Waals surface area contributed by atoms with Crippen LogP contribution in [0.1, 0.15) is 18.7 Å². The van der Waals surface area contributed by atoms with Gasteiger partial charge in [-0.2, -0.15) is 5.10 Å². The highest BCUT2D eigenvalue weighted by atomic mass is 16.5. The molecule has 1 N–H and O–H groups in total. The van der Waals surface area contributed by atoms with Crippen LogP contribution in [0.4, 0.5) is 5.82 Å². The summed E-state index contributed by atoms with van der Waals surface area (Å²) in [5.74, 6) is 2.86. The van der Waals surface area contributed by atoms with E-state index in [1.807, 2.05) is 35.7 Å². The summed E-state index contributed by atoms with van der Waals surface area (Å²) in [7, 11) is 7.20. The van der Waals surface area contributed by atoms with Crippen molar-refractivity contribution in [3.8, 4) is 11.5 Å². The van der Waals surface area contributed by atoms with Gasteiger partial charge in [0, 0.05) is 37.0 Å². The fourth-order valence-electron chi connectivity index (χ4n) is 3.90. The Balaban J connectivity index is 1.52. The van der Waals surface area contributed by atoms with Crippen LogP contribution in [0.5, 0.6) is 11.5 Å². The Labute approximate surface area is 180 Å². The Morgan fingerprint density at radius 1 is 1.16 bits per heavy atom. The Kier molecular flexibility index (Phi) is 6.08. The molecule has 0 amide bonds. The second-order valence-corrected chi connectivity index (χ2v) is 7.99. The summed E-state index contributed by atoms with van der Waals surface area (Å²) in [6.45, 7) is 2.02. The molecule has 10 heteroatoms. The summed E-state index contributed by atoms with van der Waals surface area (Å²) in [5.41, 5.74) is 0.752. The molecule has 1 atom stereocenters. The number of anilines is 1. The lowest BCUT2D eigenvalue weighted by molar-refractivity contribution is 0.356. The zero-order valence-electron chi connectivity index (χ0n) is 18.5. The molecule has 3 aromatic rings. The van der Waals surface area contributed by atoms with Crippen LogP contribution in [0.25, 0.3) is 10.9 Å². The number of benzene rings is 1. The molecule has 1 unspecified atom stereocenters. The van der Waals surface area contributed by atoms with Crippen LogP contribution in [0, 0.1) is 0 Å². The highest BCUT2D eigenvalue weighted by Gasteiger charge is 2.22. The van der Waals surface area contributed by atoms with Gasteiger partial charge in [0.1, 0.15) is 18.0 Å². The number of methoxy groups -OCH3 is 2. The third kappa shape index (κ3) is 4.34. The molecule has 1 aliphatic heterocycles. The quantitative estimate of drug-likeness (QED) is 0.604. The van der Waals surface area contributed by atoms with Crippen molar-refractivity contribution < 1.29 is 9.47 Å². The van der Waals surface area contributed by atoms with Crippen molar-refractivity contribution in [3.63, 3.8) is 0 Å². The molecule has 0 spiro atoms. The van der Waals surface area contributed by atoms with Crippen LogP contribution in [-0.2, 0) is 19.5 Å². The number of hydrogen-bond acceptors (Lipinski definition) is 8. The average molecular weight is 428 g/mol. The predicted octanol–water partition coefficient (Wildman–Crippen LogP) is 1.38. The van der Waals surface area contributed by atoms with Crippen LogP contribution in [-0.4, -0.2) is 70.1 Å². The summed E-state index contributed by atoms with van der Waals surface area (Å²) in [4.78, 5) is 23.6. The average Bonchev–Trinajstić information content (AvgIpc) is 2.93. The molecular formula is C21H29N7O3. The summed E-state index contributed by atoms with van der Waals surface area (Å²) in [5, 5.41) is 8.99. The van der Waals surface area contributed by atoms with Crippen molar-refractivity contribution in [1.82, 2.24) is 29.2 Å². The second-order valence-electron chi connectivity index (χ2n) is 7.99. The van der Waals surface area contributed by atoms with E-state index in [0.29, 0.717) is 24.6 Å². The van der Waals surface area contributed by atoms with Crippen molar-refractivity contribution in [2.45, 2.75) is 38.4 Å². The van der Waals surface area contributed by atoms with Gasteiger partial charge in [0.15, 0.2) is 11.5 Å². The standard InChI is InChI=1S/C21H29N7O3/c1-26(2)9-10-28-21(29)27-8-7-14(5-6-19(27)25-28)24-20-15-11-17(30-3)18(31-4)12-16(15)22-13-23-20/h11-14H,5-10H2,1-4H3,(H,22,23,24). The van der Waals surface area contributed by atoms with Crippen LogP contribution in [0.2, 0.25) is 0 Å². The van der Waals surface area contributed by atoms with E-state index in [9.17, 15) is 4.79 Å². The maximum Gasteiger partial charge on any atom is 0.345 e. The van der Waals surface area contributed by atoms with E-state index < -0.39 is 0 Å². The SMILES string of the molecule is COc1cc2ncnc(NC3CCc4nn(CCN(C)C)c(=O)n4CC3)c2cc1OC. The fourth-order valence-corrected chi connectivity index (χ4v) is 3.90. The lowest BCUT2D eigenvalue weighted by atomic mass is 10.1. The van der Waals surface area contributed by atoms with Crippen molar-refractivity contribution in [2.24, 2.45) is 0 Å². The van der Waals surface area contributed by atoms with Crippen molar-refractivity contribution in [1.29, 1.82) is 0 Å². The molecule has 0 fully saturated rings. The lowest BCUT2D eigenvalue weighted by Gasteiger charge is -2.18. The highest BCUT2D eigenvalue weighted by Crippen LogP contribution is 2.34. The number of likely N-dealkylation sites (N-methyl/N-ethyl adjacent to an activating group) is 1. The molecule has 0 aliphatic carbocycles. The predicted molar refractivity (Wildman–Crippen MR) is 118 cm³/mol. The van der Waals surface area contributed by atoms with Gasteiger partial charge in [0.2, 0.25) is 0 Å². The maximum absolute atomic E-state index is 12.7. The van der Waals surface area contributed by atoms with Crippen molar-refractivity contribution in [2.75, 3.05) is 40.2 Å². The summed E-state index contributed by atoms with van der Waals surface area (Å²) in [6.07, 6.45) is 3.96. The first-order valence-electron chi connectivity index (χ1n) is 10.4. The molecule has 10 nitrogen and oxygen atoms in total. The summed E-state index contributed by atoms with van der Waals surface area (Å²) >= 11 is 0. The van der Waals surface area contributed by atoms with Gasteiger partial charge in [0.25, 0.3) is 0 Å². The second kappa shape index (κ2) is 8.93. The van der Waals surface area contributed by atoms with E-state index in [0.717, 1.165) is 48.4 Å². The van der Waals surface area contributed by atoms with E-state index in [2.05, 4.69) is 20.4 Å². The minimum Gasteiger partial charge on any atom is -0.493 e. The number of nitrogens with zero attached hydrogens (tertiary/aromatic N) is 6. The third-order valence-corrected chi connectivity index (χ3v) is 5.66. The largest absolute Gasteiger partial charge is 0.493 e. The van der Waals surface area contributed by atoms with Crippen molar-refractivity contribution >= 4 is 16.7 Å². The molecular weight excluding hydrogens is 398 g/mol. The first-order valence-corrected chi connectivity index (χ1v) is 10.4. The van der Waals surface area contributed by atoms with Crippen molar-refractivity contribution in [3.05, 3.63) is 34.8 Å². The molecule has 0 radical (unpaired) electrons. The minimum absolute atomic E-state index is 0.0261. The van der Waals surface area contributed by atoms with Crippen LogP contribution in [0.3, 0.4) is 0 Å². The topological polar surface area (TPSA) is 99.3 Å². The molecule has 1 aromatic carbocycles. The molecule has 166 valence electrons. The highest BCUT2D eigenvalue weighted by molar-refractivity contribution is 5.91. The first-order chi connectivity index (χ1) is 15.0. The molecule has 0 bridgehead atoms. The van der Waals surface area contributed by atoms with Gasteiger partial charge in [-0.3, -0.25) is 4.57 Å². The van der Waals surface area contributed by atoms with E-state index in [1.54, 1.807) is 25.2 Å². The Bertz CT molecular complexity index is 1120. The van der Waals surface area contributed by atoms with Gasteiger partial charge in [-0.1, -0.05) is 0 Å². The Morgan fingerprint density at radius 3 is 2.68 bits per heavy atom. The number of hydrogen-bond donors (Lipinski definition) is 1. The zero-order valence-corrected chi connectivity index (χ0v) is 18.5. The number of aromatic nitrogens is 5. The molecule has 1 aliphatic rings. The zero-order chi connectivity index (χ0) is 22.0. The molecule has 4 rings (SSSR count). The monoisotopic (exact) mass is 427 g/mol. The van der Waals surface area contributed by atoms with Gasteiger partial charge in [-0.05, 0) is 33.0 Å². The van der Waals surface area contributed by atoms with E-state index >= 15 is 0 Å². The molecule has 31 heavy (non-hydrogen) atoms. The maximum atomic E-state index is 12.7. The number of nitrogens with one attached hydrogen (secondary N) is 1. The van der Waals surface area contributed by atoms with Gasteiger partial charge < -0.3 is 19.7 Å². The normalized spacial score (nSPS) is 16.2. The van der Waals surface area contributed by atoms with Crippen LogP contribution < -0.4 is 20.5 Å². The van der Waals surface area contributed by atoms with Gasteiger partial charge in [-0.25, -0.2) is 19.4 Å². The molecule has 0 saturated heterocycles. The molecule has 2 aromatic heterocycles. The number of aryl methyl sites for hydroxylation is 1. The molecule has 3 heterocycles. The summed E-state index contributed by atoms with van der Waals surface area (Å²) < 4.78 is 14.2. The third-order valence-electron chi connectivity index (χ3n) is 5.66. The number of ether oxygens (including phenoxy) is 2. The lowest BCUT2D eigenvalue weighted by Crippen LogP contribution is -2.30. The smallest absolute Gasteiger partial charge is 0.345 e. The van der Waals surface area contributed by atoms with E-state index in [-0.39, 0.29) is 11.7 Å². The molecule has 0 saturated carbocycles. The first kappa shape index (κ1) is 21.1. The van der Waals surface area contributed by atoms with E-state index in [4.69, 9.17) is 9.47 Å². The van der Waals surface area contributed by atoms with Gasteiger partial charge in [0.05, 0.1) is 26.3 Å². The van der Waals surface area contributed by atoms with E-state index in [1.165, 1.54) is 0 Å². The summed E-state index contributed by atoms with van der Waals surface area (Å²) in [6, 6.07) is 3.91. The Hall–Kier alpha value is -3.14. The Morgan fingerprint density at radius 2 is 1.94 bits per heavy atom. The van der Waals surface area contributed by atoms with Crippen LogP contribution in [0.15, 0.2) is 23.3 Å².